The summed E-state index contributed by atoms with van der Waals surface area (Å²) in [5.74, 6) is 0.703. The Morgan fingerprint density at radius 2 is 1.48 bits per heavy atom. The van der Waals surface area contributed by atoms with E-state index < -0.39 is 0 Å². The second-order valence-corrected chi connectivity index (χ2v) is 5.15. The highest BCUT2D eigenvalue weighted by atomic mass is 16.5. The van der Waals surface area contributed by atoms with Crippen LogP contribution in [0.1, 0.15) is 21.5 Å². The van der Waals surface area contributed by atoms with Crippen molar-refractivity contribution in [3.05, 3.63) is 95.6 Å². The molecule has 114 valence electrons. The number of benzene rings is 3. The van der Waals surface area contributed by atoms with Gasteiger partial charge in [0, 0.05) is 5.56 Å². The number of phenolic OH excluding ortho intramolecular Hbond substituents is 1. The van der Waals surface area contributed by atoms with Crippen LogP contribution in [-0.4, -0.2) is 10.9 Å². The highest BCUT2D eigenvalue weighted by Gasteiger charge is 2.14. The van der Waals surface area contributed by atoms with Crippen LogP contribution in [0.2, 0.25) is 0 Å². The van der Waals surface area contributed by atoms with Crippen molar-refractivity contribution < 1.29 is 14.6 Å². The summed E-state index contributed by atoms with van der Waals surface area (Å²) < 4.78 is 5.80. The summed E-state index contributed by atoms with van der Waals surface area (Å²) in [7, 11) is 0. The minimum Gasteiger partial charge on any atom is -0.508 e. The van der Waals surface area contributed by atoms with E-state index in [2.05, 4.69) is 0 Å². The van der Waals surface area contributed by atoms with E-state index in [1.165, 1.54) is 0 Å². The largest absolute Gasteiger partial charge is 0.508 e. The number of carbonyl (C=O) groups excluding carboxylic acids is 1. The molecule has 3 aromatic rings. The summed E-state index contributed by atoms with van der Waals surface area (Å²) >= 11 is 0. The Labute approximate surface area is 134 Å². The SMILES string of the molecule is O=C(c1ccccc1)c1ccccc1OCc1ccc(O)cc1. The number of aromatic hydroxyl groups is 1. The molecule has 23 heavy (non-hydrogen) atoms. The highest BCUT2D eigenvalue weighted by molar-refractivity contribution is 6.10. The number of ketones is 1. The molecule has 3 aromatic carbocycles. The molecule has 0 atom stereocenters. The van der Waals surface area contributed by atoms with Gasteiger partial charge >= 0.3 is 0 Å². The van der Waals surface area contributed by atoms with E-state index >= 15 is 0 Å². The smallest absolute Gasteiger partial charge is 0.196 e. The van der Waals surface area contributed by atoms with Gasteiger partial charge in [-0.15, -0.1) is 0 Å². The topological polar surface area (TPSA) is 46.5 Å². The first-order valence-corrected chi connectivity index (χ1v) is 7.33. The first kappa shape index (κ1) is 14.9. The fourth-order valence-corrected chi connectivity index (χ4v) is 2.28. The minimum absolute atomic E-state index is 0.0630. The molecular weight excluding hydrogens is 288 g/mol. The Hall–Kier alpha value is -3.07. The molecule has 0 aliphatic carbocycles. The van der Waals surface area contributed by atoms with Crippen LogP contribution in [0.3, 0.4) is 0 Å². The molecule has 0 amide bonds. The monoisotopic (exact) mass is 304 g/mol. The fraction of sp³-hybridized carbons (Fsp3) is 0.0500. The maximum Gasteiger partial charge on any atom is 0.196 e. The zero-order chi connectivity index (χ0) is 16.1. The van der Waals surface area contributed by atoms with Gasteiger partial charge in [0.25, 0.3) is 0 Å². The third-order valence-corrected chi connectivity index (χ3v) is 3.50. The average Bonchev–Trinajstić information content (AvgIpc) is 2.62. The van der Waals surface area contributed by atoms with Crippen LogP contribution in [0, 0.1) is 0 Å². The van der Waals surface area contributed by atoms with E-state index in [0.717, 1.165) is 5.56 Å². The number of phenols is 1. The van der Waals surface area contributed by atoms with Crippen LogP contribution in [-0.2, 0) is 6.61 Å². The van der Waals surface area contributed by atoms with Gasteiger partial charge in [-0.1, -0.05) is 54.6 Å². The van der Waals surface area contributed by atoms with Crippen LogP contribution in [0.15, 0.2) is 78.9 Å². The second-order valence-electron chi connectivity index (χ2n) is 5.15. The third-order valence-electron chi connectivity index (χ3n) is 3.50. The molecule has 0 bridgehead atoms. The summed E-state index contributed by atoms with van der Waals surface area (Å²) in [4.78, 5) is 12.6. The Balaban J connectivity index is 1.80. The third kappa shape index (κ3) is 3.58. The van der Waals surface area contributed by atoms with Crippen LogP contribution in [0.25, 0.3) is 0 Å². The molecule has 3 heteroatoms. The maximum absolute atomic E-state index is 12.6. The van der Waals surface area contributed by atoms with Crippen molar-refractivity contribution >= 4 is 5.78 Å². The van der Waals surface area contributed by atoms with E-state index in [0.29, 0.717) is 23.5 Å². The van der Waals surface area contributed by atoms with Gasteiger partial charge in [-0.25, -0.2) is 0 Å². The molecule has 0 heterocycles. The molecule has 0 aromatic heterocycles. The minimum atomic E-state index is -0.0630. The van der Waals surface area contributed by atoms with E-state index in [1.54, 1.807) is 48.5 Å². The molecule has 0 saturated carbocycles. The molecule has 0 spiro atoms. The van der Waals surface area contributed by atoms with Gasteiger partial charge in [0.1, 0.15) is 18.1 Å². The standard InChI is InChI=1S/C20H16O3/c21-17-12-10-15(11-13-17)14-23-19-9-5-4-8-18(19)20(22)16-6-2-1-3-7-16/h1-13,21H,14H2. The van der Waals surface area contributed by atoms with Crippen molar-refractivity contribution in [3.8, 4) is 11.5 Å². The van der Waals surface area contributed by atoms with Crippen LogP contribution in [0.5, 0.6) is 11.5 Å². The van der Waals surface area contributed by atoms with E-state index in [9.17, 15) is 9.90 Å². The van der Waals surface area contributed by atoms with E-state index in [-0.39, 0.29) is 11.5 Å². The molecule has 0 aliphatic rings. The lowest BCUT2D eigenvalue weighted by atomic mass is 10.0. The maximum atomic E-state index is 12.6. The van der Waals surface area contributed by atoms with Gasteiger partial charge in [-0.05, 0) is 29.8 Å². The normalized spacial score (nSPS) is 10.3. The second kappa shape index (κ2) is 6.79. The lowest BCUT2D eigenvalue weighted by molar-refractivity contribution is 0.103. The van der Waals surface area contributed by atoms with Gasteiger partial charge in [0.2, 0.25) is 0 Å². The number of rotatable bonds is 5. The Morgan fingerprint density at radius 1 is 0.826 bits per heavy atom. The van der Waals surface area contributed by atoms with Gasteiger partial charge in [-0.3, -0.25) is 4.79 Å². The zero-order valence-corrected chi connectivity index (χ0v) is 12.5. The Morgan fingerprint density at radius 3 is 2.22 bits per heavy atom. The van der Waals surface area contributed by atoms with Crippen molar-refractivity contribution in [2.75, 3.05) is 0 Å². The molecule has 3 nitrogen and oxygen atoms in total. The van der Waals surface area contributed by atoms with Gasteiger partial charge < -0.3 is 9.84 Å². The number of hydrogen-bond acceptors (Lipinski definition) is 3. The fourth-order valence-electron chi connectivity index (χ4n) is 2.28. The number of hydrogen-bond donors (Lipinski definition) is 1. The molecule has 3 rings (SSSR count). The van der Waals surface area contributed by atoms with Gasteiger partial charge in [0.05, 0.1) is 5.56 Å². The summed E-state index contributed by atoms with van der Waals surface area (Å²) in [6, 6.07) is 23.2. The first-order chi connectivity index (χ1) is 11.2. The van der Waals surface area contributed by atoms with Gasteiger partial charge in [-0.2, -0.15) is 0 Å². The van der Waals surface area contributed by atoms with Crippen molar-refractivity contribution in [2.24, 2.45) is 0 Å². The van der Waals surface area contributed by atoms with Crippen molar-refractivity contribution in [3.63, 3.8) is 0 Å². The average molecular weight is 304 g/mol. The number of ether oxygens (including phenoxy) is 1. The van der Waals surface area contributed by atoms with Crippen LogP contribution in [0.4, 0.5) is 0 Å². The lowest BCUT2D eigenvalue weighted by Crippen LogP contribution is -2.05. The summed E-state index contributed by atoms with van der Waals surface area (Å²) in [6.07, 6.45) is 0. The predicted octanol–water partition coefficient (Wildman–Crippen LogP) is 4.20. The number of para-hydroxylation sites is 1. The van der Waals surface area contributed by atoms with Crippen molar-refractivity contribution in [1.82, 2.24) is 0 Å². The molecule has 0 unspecified atom stereocenters. The highest BCUT2D eigenvalue weighted by Crippen LogP contribution is 2.23. The first-order valence-electron chi connectivity index (χ1n) is 7.33. The van der Waals surface area contributed by atoms with E-state index in [4.69, 9.17) is 4.74 Å². The molecule has 0 radical (unpaired) electrons. The van der Waals surface area contributed by atoms with Gasteiger partial charge in [0.15, 0.2) is 5.78 Å². The molecule has 0 aliphatic heterocycles. The summed E-state index contributed by atoms with van der Waals surface area (Å²) in [6.45, 7) is 0.333. The van der Waals surface area contributed by atoms with Crippen molar-refractivity contribution in [1.29, 1.82) is 0 Å². The summed E-state index contributed by atoms with van der Waals surface area (Å²) in [5.41, 5.74) is 2.09. The summed E-state index contributed by atoms with van der Waals surface area (Å²) in [5, 5.41) is 9.30. The van der Waals surface area contributed by atoms with Crippen LogP contribution >= 0.6 is 0 Å². The Kier molecular flexibility index (Phi) is 4.39. The molecule has 1 N–H and O–H groups in total. The van der Waals surface area contributed by atoms with Crippen molar-refractivity contribution in [2.45, 2.75) is 6.61 Å². The zero-order valence-electron chi connectivity index (χ0n) is 12.5. The molecule has 0 saturated heterocycles. The van der Waals surface area contributed by atoms with E-state index in [1.807, 2.05) is 30.3 Å². The predicted molar refractivity (Wildman–Crippen MR) is 88.8 cm³/mol. The van der Waals surface area contributed by atoms with Crippen LogP contribution < -0.4 is 4.74 Å². The molecular formula is C20H16O3. The lowest BCUT2D eigenvalue weighted by Gasteiger charge is -2.11. The number of carbonyl (C=O) groups is 1. The Bertz CT molecular complexity index is 793. The molecule has 0 fully saturated rings. The quantitative estimate of drug-likeness (QED) is 0.718.